The van der Waals surface area contributed by atoms with Gasteiger partial charge in [0.1, 0.15) is 0 Å². The van der Waals surface area contributed by atoms with Crippen molar-refractivity contribution in [2.45, 2.75) is 13.3 Å². The summed E-state index contributed by atoms with van der Waals surface area (Å²) >= 11 is 0. The smallest absolute Gasteiger partial charge is 0.274 e. The van der Waals surface area contributed by atoms with Crippen LogP contribution in [0.2, 0.25) is 0 Å². The molecule has 9 nitrogen and oxygen atoms in total. The molecule has 1 aliphatic rings. The molecule has 1 heterocycles. The quantitative estimate of drug-likeness (QED) is 0.591. The lowest BCUT2D eigenvalue weighted by molar-refractivity contribution is -0.385. The van der Waals surface area contributed by atoms with E-state index in [4.69, 9.17) is 9.47 Å². The van der Waals surface area contributed by atoms with Gasteiger partial charge in [0.05, 0.1) is 25.1 Å². The van der Waals surface area contributed by atoms with Crippen molar-refractivity contribution in [3.63, 3.8) is 0 Å². The molecule has 29 heavy (non-hydrogen) atoms. The molecule has 0 bridgehead atoms. The Bertz CT molecular complexity index is 975. The first kappa shape index (κ1) is 20.1. The average molecular weight is 399 g/mol. The molecule has 2 aromatic carbocycles. The molecule has 0 aliphatic carbocycles. The van der Waals surface area contributed by atoms with Crippen molar-refractivity contribution in [3.05, 3.63) is 52.1 Å². The topological polar surface area (TPSA) is 111 Å². The Morgan fingerprint density at radius 2 is 1.90 bits per heavy atom. The van der Waals surface area contributed by atoms with Gasteiger partial charge in [-0.3, -0.25) is 19.7 Å². The van der Waals surface area contributed by atoms with Crippen molar-refractivity contribution in [2.75, 3.05) is 31.0 Å². The molecule has 0 aromatic heterocycles. The van der Waals surface area contributed by atoms with Gasteiger partial charge in [-0.15, -0.1) is 0 Å². The van der Waals surface area contributed by atoms with E-state index in [0.717, 1.165) is 0 Å². The Balaban J connectivity index is 1.74. The largest absolute Gasteiger partial charge is 0.493 e. The summed E-state index contributed by atoms with van der Waals surface area (Å²) < 4.78 is 10.5. The van der Waals surface area contributed by atoms with E-state index in [0.29, 0.717) is 28.4 Å². The van der Waals surface area contributed by atoms with E-state index < -0.39 is 10.8 Å². The van der Waals surface area contributed by atoms with Gasteiger partial charge in [0.2, 0.25) is 11.8 Å². The van der Waals surface area contributed by atoms with Gasteiger partial charge in [0.15, 0.2) is 11.5 Å². The summed E-state index contributed by atoms with van der Waals surface area (Å²) in [4.78, 5) is 37.2. The molecule has 1 N–H and O–H groups in total. The number of carbonyl (C=O) groups is 2. The third-order valence-electron chi connectivity index (χ3n) is 4.85. The van der Waals surface area contributed by atoms with Crippen molar-refractivity contribution >= 4 is 28.9 Å². The maximum absolute atomic E-state index is 12.6. The van der Waals surface area contributed by atoms with Crippen molar-refractivity contribution in [2.24, 2.45) is 5.92 Å². The van der Waals surface area contributed by atoms with E-state index in [1.54, 1.807) is 37.3 Å². The highest BCUT2D eigenvalue weighted by Gasteiger charge is 2.35. The molecule has 0 unspecified atom stereocenters. The van der Waals surface area contributed by atoms with E-state index in [2.05, 4.69) is 5.32 Å². The monoisotopic (exact) mass is 399 g/mol. The lowest BCUT2D eigenvalue weighted by atomic mass is 10.1. The second-order valence-corrected chi connectivity index (χ2v) is 6.69. The van der Waals surface area contributed by atoms with E-state index in [1.165, 1.54) is 25.2 Å². The summed E-state index contributed by atoms with van der Waals surface area (Å²) in [6, 6.07) is 9.59. The van der Waals surface area contributed by atoms with Crippen molar-refractivity contribution < 1.29 is 24.0 Å². The second-order valence-electron chi connectivity index (χ2n) is 6.69. The van der Waals surface area contributed by atoms with Crippen LogP contribution in [0.5, 0.6) is 11.5 Å². The summed E-state index contributed by atoms with van der Waals surface area (Å²) in [6.45, 7) is 1.83. The SMILES string of the molecule is COc1ccc(N2C[C@@H](C(=O)Nc3ccc(C)c([N+](=O)[O-])c3)CC2=O)cc1OC. The van der Waals surface area contributed by atoms with E-state index in [1.807, 2.05) is 0 Å². The number of benzene rings is 2. The van der Waals surface area contributed by atoms with Crippen LogP contribution in [-0.4, -0.2) is 37.5 Å². The van der Waals surface area contributed by atoms with Crippen molar-refractivity contribution in [1.82, 2.24) is 0 Å². The predicted molar refractivity (Wildman–Crippen MR) is 106 cm³/mol. The zero-order chi connectivity index (χ0) is 21.1. The number of hydrogen-bond donors (Lipinski definition) is 1. The Labute approximate surface area is 167 Å². The normalized spacial score (nSPS) is 15.9. The lowest BCUT2D eigenvalue weighted by Gasteiger charge is -2.18. The van der Waals surface area contributed by atoms with Gasteiger partial charge < -0.3 is 19.7 Å². The Kier molecular flexibility index (Phi) is 5.67. The number of anilines is 2. The fraction of sp³-hybridized carbons (Fsp3) is 0.300. The molecular weight excluding hydrogens is 378 g/mol. The summed E-state index contributed by atoms with van der Waals surface area (Å²) in [5.41, 5.74) is 1.36. The zero-order valence-electron chi connectivity index (χ0n) is 16.3. The first-order valence-electron chi connectivity index (χ1n) is 8.92. The molecule has 152 valence electrons. The standard InChI is InChI=1S/C20H21N3O6/c1-12-4-5-14(9-16(12)23(26)27)21-20(25)13-8-19(24)22(11-13)15-6-7-17(28-2)18(10-15)29-3/h4-7,9-10,13H,8,11H2,1-3H3,(H,21,25)/t13-/m0/s1. The van der Waals surface area contributed by atoms with Crippen LogP contribution in [-0.2, 0) is 9.59 Å². The van der Waals surface area contributed by atoms with Crippen molar-refractivity contribution in [1.29, 1.82) is 0 Å². The summed E-state index contributed by atoms with van der Waals surface area (Å²) in [6.07, 6.45) is 0.0497. The van der Waals surface area contributed by atoms with Crippen LogP contribution in [0.4, 0.5) is 17.1 Å². The predicted octanol–water partition coefficient (Wildman–Crippen LogP) is 2.91. The van der Waals surface area contributed by atoms with Crippen LogP contribution < -0.4 is 19.7 Å². The van der Waals surface area contributed by atoms with Crippen LogP contribution in [0.3, 0.4) is 0 Å². The third kappa shape index (κ3) is 4.13. The van der Waals surface area contributed by atoms with E-state index in [-0.39, 0.29) is 30.5 Å². The molecule has 2 aromatic rings. The molecule has 1 saturated heterocycles. The summed E-state index contributed by atoms with van der Waals surface area (Å²) in [7, 11) is 3.03. The first-order valence-corrected chi connectivity index (χ1v) is 8.92. The number of rotatable bonds is 6. The van der Waals surface area contributed by atoms with E-state index in [9.17, 15) is 19.7 Å². The molecule has 2 amide bonds. The highest BCUT2D eigenvalue weighted by Crippen LogP contribution is 2.34. The molecule has 0 radical (unpaired) electrons. The number of nitrogens with one attached hydrogen (secondary N) is 1. The van der Waals surface area contributed by atoms with Crippen LogP contribution in [0.25, 0.3) is 0 Å². The molecule has 1 atom stereocenters. The number of nitrogens with zero attached hydrogens (tertiary/aromatic N) is 2. The molecule has 0 saturated carbocycles. The number of methoxy groups -OCH3 is 2. The third-order valence-corrected chi connectivity index (χ3v) is 4.85. The van der Waals surface area contributed by atoms with Crippen LogP contribution in [0, 0.1) is 23.0 Å². The Morgan fingerprint density at radius 3 is 2.55 bits per heavy atom. The van der Waals surface area contributed by atoms with E-state index >= 15 is 0 Å². The Morgan fingerprint density at radius 1 is 1.17 bits per heavy atom. The minimum Gasteiger partial charge on any atom is -0.493 e. The van der Waals surface area contributed by atoms with Gasteiger partial charge in [0.25, 0.3) is 5.69 Å². The molecular formula is C20H21N3O6. The molecule has 9 heteroatoms. The number of nitro benzene ring substituents is 1. The number of ether oxygens (including phenoxy) is 2. The van der Waals surface area contributed by atoms with Gasteiger partial charge in [-0.25, -0.2) is 0 Å². The molecule has 1 fully saturated rings. The van der Waals surface area contributed by atoms with Crippen LogP contribution >= 0.6 is 0 Å². The average Bonchev–Trinajstić information content (AvgIpc) is 3.10. The number of aryl methyl sites for hydroxylation is 1. The summed E-state index contributed by atoms with van der Waals surface area (Å²) in [5, 5.41) is 13.8. The highest BCUT2D eigenvalue weighted by molar-refractivity contribution is 6.03. The summed E-state index contributed by atoms with van der Waals surface area (Å²) in [5.74, 6) is -0.0986. The van der Waals surface area contributed by atoms with Gasteiger partial charge in [-0.05, 0) is 25.1 Å². The maximum Gasteiger partial charge on any atom is 0.274 e. The van der Waals surface area contributed by atoms with Gasteiger partial charge in [-0.2, -0.15) is 0 Å². The number of nitro groups is 1. The maximum atomic E-state index is 12.6. The van der Waals surface area contributed by atoms with Gasteiger partial charge in [-0.1, -0.05) is 6.07 Å². The number of carbonyl (C=O) groups excluding carboxylic acids is 2. The fourth-order valence-electron chi connectivity index (χ4n) is 3.25. The van der Waals surface area contributed by atoms with Crippen LogP contribution in [0.1, 0.15) is 12.0 Å². The van der Waals surface area contributed by atoms with Gasteiger partial charge >= 0.3 is 0 Å². The lowest BCUT2D eigenvalue weighted by Crippen LogP contribution is -2.28. The molecule has 0 spiro atoms. The highest BCUT2D eigenvalue weighted by atomic mass is 16.6. The van der Waals surface area contributed by atoms with Crippen LogP contribution in [0.15, 0.2) is 36.4 Å². The Hall–Kier alpha value is -3.62. The minimum atomic E-state index is -0.573. The first-order chi connectivity index (χ1) is 13.8. The molecule has 1 aliphatic heterocycles. The zero-order valence-corrected chi connectivity index (χ0v) is 16.3. The van der Waals surface area contributed by atoms with Gasteiger partial charge in [0, 0.05) is 42.0 Å². The minimum absolute atomic E-state index is 0.0497. The number of hydrogen-bond acceptors (Lipinski definition) is 6. The number of amides is 2. The fourth-order valence-corrected chi connectivity index (χ4v) is 3.25. The second kappa shape index (κ2) is 8.17. The van der Waals surface area contributed by atoms with Crippen molar-refractivity contribution in [3.8, 4) is 11.5 Å². The molecule has 3 rings (SSSR count).